The van der Waals surface area contributed by atoms with Gasteiger partial charge in [0.1, 0.15) is 6.07 Å². The maximum Gasteiger partial charge on any atom is 0.440 e. The van der Waals surface area contributed by atoms with Crippen LogP contribution in [0.1, 0.15) is 33.3 Å². The fraction of sp³-hybridized carbons (Fsp3) is 0.375. The third-order valence-electron chi connectivity index (χ3n) is 2.44. The van der Waals surface area contributed by atoms with Crippen LogP contribution in [0.3, 0.4) is 0 Å². The minimum Gasteiger partial charge on any atom is -0.445 e. The Morgan fingerprint density at radius 3 is 1.92 bits per heavy atom. The van der Waals surface area contributed by atoms with Gasteiger partial charge in [-0.15, -0.1) is 5.10 Å². The van der Waals surface area contributed by atoms with Gasteiger partial charge >= 0.3 is 12.2 Å². The number of nitrogens with zero attached hydrogens (tertiary/aromatic N) is 3. The fourth-order valence-corrected chi connectivity index (χ4v) is 1.64. The topological polar surface area (TPSA) is 92.0 Å². The Hall–Kier alpha value is -2.59. The molecule has 8 heteroatoms. The van der Waals surface area contributed by atoms with E-state index in [1.807, 2.05) is 6.07 Å². The van der Waals surface area contributed by atoms with Crippen molar-refractivity contribution in [3.8, 4) is 6.07 Å². The van der Waals surface area contributed by atoms with Gasteiger partial charge in [-0.05, 0) is 39.8 Å². The van der Waals surface area contributed by atoms with E-state index in [1.165, 1.54) is 0 Å². The number of imide groups is 1. The SMILES string of the molecule is CC(C)OC(=O)N(/N=C(\C#N)c1ccc(Cl)cc1)C(=O)OC(C)C. The number of hydrazone groups is 1. The number of halogens is 1. The number of carbonyl (C=O) groups excluding carboxylic acids is 2. The third kappa shape index (κ3) is 5.89. The Bertz CT molecular complexity index is 641. The molecule has 0 bridgehead atoms. The van der Waals surface area contributed by atoms with E-state index in [0.717, 1.165) is 0 Å². The summed E-state index contributed by atoms with van der Waals surface area (Å²) in [6.45, 7) is 6.49. The zero-order valence-corrected chi connectivity index (χ0v) is 14.6. The zero-order chi connectivity index (χ0) is 18.3. The molecule has 1 rings (SSSR count). The second kappa shape index (κ2) is 8.89. The number of hydrogen-bond donors (Lipinski definition) is 0. The lowest BCUT2D eigenvalue weighted by Crippen LogP contribution is -2.36. The second-order valence-corrected chi connectivity index (χ2v) is 5.68. The van der Waals surface area contributed by atoms with Crippen LogP contribution in [0, 0.1) is 11.3 Å². The molecule has 0 N–H and O–H groups in total. The molecular formula is C16H18ClN3O4. The summed E-state index contributed by atoms with van der Waals surface area (Å²) in [5.41, 5.74) is 0.231. The zero-order valence-electron chi connectivity index (χ0n) is 13.8. The lowest BCUT2D eigenvalue weighted by atomic mass is 10.1. The maximum atomic E-state index is 12.1. The molecule has 2 amide bonds. The predicted molar refractivity (Wildman–Crippen MR) is 88.7 cm³/mol. The highest BCUT2D eigenvalue weighted by molar-refractivity contribution is 6.30. The van der Waals surface area contributed by atoms with Gasteiger partial charge in [0.25, 0.3) is 0 Å². The Labute approximate surface area is 145 Å². The number of carbonyl (C=O) groups is 2. The highest BCUT2D eigenvalue weighted by atomic mass is 35.5. The smallest absolute Gasteiger partial charge is 0.440 e. The third-order valence-corrected chi connectivity index (χ3v) is 2.69. The molecular weight excluding hydrogens is 334 g/mol. The molecule has 0 unspecified atom stereocenters. The Morgan fingerprint density at radius 2 is 1.54 bits per heavy atom. The molecule has 0 aliphatic heterocycles. The van der Waals surface area contributed by atoms with Gasteiger partial charge in [0.2, 0.25) is 0 Å². The van der Waals surface area contributed by atoms with E-state index >= 15 is 0 Å². The molecule has 7 nitrogen and oxygen atoms in total. The van der Waals surface area contributed by atoms with E-state index in [2.05, 4.69) is 5.10 Å². The first-order valence-electron chi connectivity index (χ1n) is 7.20. The van der Waals surface area contributed by atoms with Gasteiger partial charge in [0.15, 0.2) is 5.71 Å². The molecule has 0 saturated heterocycles. The van der Waals surface area contributed by atoms with Crippen molar-refractivity contribution < 1.29 is 19.1 Å². The van der Waals surface area contributed by atoms with Crippen LogP contribution in [0.5, 0.6) is 0 Å². The van der Waals surface area contributed by atoms with E-state index in [0.29, 0.717) is 15.6 Å². The van der Waals surface area contributed by atoms with Crippen molar-refractivity contribution in [1.29, 1.82) is 5.26 Å². The molecule has 1 aromatic rings. The minimum atomic E-state index is -1.03. The summed E-state index contributed by atoms with van der Waals surface area (Å²) in [6.07, 6.45) is -3.00. The van der Waals surface area contributed by atoms with Crippen LogP contribution < -0.4 is 0 Å². The Kier molecular flexibility index (Phi) is 7.21. The number of rotatable bonds is 4. The molecule has 0 aliphatic rings. The predicted octanol–water partition coefficient (Wildman–Crippen LogP) is 3.96. The largest absolute Gasteiger partial charge is 0.445 e. The van der Waals surface area contributed by atoms with Crippen molar-refractivity contribution in [2.45, 2.75) is 39.9 Å². The molecule has 1 aromatic carbocycles. The van der Waals surface area contributed by atoms with Crippen molar-refractivity contribution in [3.63, 3.8) is 0 Å². The van der Waals surface area contributed by atoms with Gasteiger partial charge in [-0.25, -0.2) is 9.59 Å². The number of nitriles is 1. The van der Waals surface area contributed by atoms with Crippen molar-refractivity contribution in [1.82, 2.24) is 5.01 Å². The summed E-state index contributed by atoms with van der Waals surface area (Å²) in [7, 11) is 0. The second-order valence-electron chi connectivity index (χ2n) is 5.24. The van der Waals surface area contributed by atoms with Crippen molar-refractivity contribution in [3.05, 3.63) is 34.9 Å². The summed E-state index contributed by atoms with van der Waals surface area (Å²) in [4.78, 5) is 24.2. The quantitative estimate of drug-likeness (QED) is 0.604. The summed E-state index contributed by atoms with van der Waals surface area (Å²) in [5, 5.41) is 14.0. The fourth-order valence-electron chi connectivity index (χ4n) is 1.51. The van der Waals surface area contributed by atoms with E-state index in [1.54, 1.807) is 52.0 Å². The summed E-state index contributed by atoms with van der Waals surface area (Å²) < 4.78 is 9.93. The van der Waals surface area contributed by atoms with Gasteiger partial charge in [-0.3, -0.25) is 0 Å². The lowest BCUT2D eigenvalue weighted by Gasteiger charge is -2.18. The monoisotopic (exact) mass is 351 g/mol. The summed E-state index contributed by atoms with van der Waals surface area (Å²) >= 11 is 5.80. The molecule has 0 saturated carbocycles. The normalized spacial score (nSPS) is 11.2. The van der Waals surface area contributed by atoms with Crippen LogP contribution in [0.2, 0.25) is 5.02 Å². The van der Waals surface area contributed by atoms with Crippen molar-refractivity contribution in [2.75, 3.05) is 0 Å². The number of benzene rings is 1. The average molecular weight is 352 g/mol. The molecule has 0 aliphatic carbocycles. The number of amides is 2. The van der Waals surface area contributed by atoms with E-state index < -0.39 is 24.4 Å². The van der Waals surface area contributed by atoms with Crippen LogP contribution >= 0.6 is 11.6 Å². The molecule has 0 aromatic heterocycles. The van der Waals surface area contributed by atoms with Gasteiger partial charge in [-0.1, -0.05) is 28.7 Å². The first-order chi connectivity index (χ1) is 11.2. The van der Waals surface area contributed by atoms with Gasteiger partial charge in [0, 0.05) is 10.6 Å². The molecule has 0 spiro atoms. The molecule has 0 radical (unpaired) electrons. The van der Waals surface area contributed by atoms with Gasteiger partial charge in [-0.2, -0.15) is 5.26 Å². The van der Waals surface area contributed by atoms with E-state index in [4.69, 9.17) is 21.1 Å². The van der Waals surface area contributed by atoms with Crippen molar-refractivity contribution in [2.24, 2.45) is 5.10 Å². The molecule has 0 atom stereocenters. The van der Waals surface area contributed by atoms with Crippen LogP contribution in [-0.4, -0.2) is 35.1 Å². The molecule has 128 valence electrons. The molecule has 24 heavy (non-hydrogen) atoms. The standard InChI is InChI=1S/C16H18ClN3O4/c1-10(2)23-15(21)20(16(22)24-11(3)4)19-14(9-18)12-5-7-13(17)8-6-12/h5-8,10-11H,1-4H3/b19-14+. The minimum absolute atomic E-state index is 0.159. The van der Waals surface area contributed by atoms with Crippen LogP contribution in [0.25, 0.3) is 0 Å². The highest BCUT2D eigenvalue weighted by Gasteiger charge is 2.27. The Morgan fingerprint density at radius 1 is 1.08 bits per heavy atom. The summed E-state index contributed by atoms with van der Waals surface area (Å²) in [5.74, 6) is 0. The van der Waals surface area contributed by atoms with Crippen LogP contribution in [0.15, 0.2) is 29.4 Å². The van der Waals surface area contributed by atoms with Gasteiger partial charge < -0.3 is 9.47 Å². The lowest BCUT2D eigenvalue weighted by molar-refractivity contribution is 0.0518. The average Bonchev–Trinajstić information content (AvgIpc) is 2.48. The maximum absolute atomic E-state index is 12.1. The first kappa shape index (κ1) is 19.5. The van der Waals surface area contributed by atoms with Crippen LogP contribution in [0.4, 0.5) is 9.59 Å². The van der Waals surface area contributed by atoms with Crippen molar-refractivity contribution >= 4 is 29.5 Å². The van der Waals surface area contributed by atoms with E-state index in [-0.39, 0.29) is 5.71 Å². The van der Waals surface area contributed by atoms with Crippen LogP contribution in [-0.2, 0) is 9.47 Å². The van der Waals surface area contributed by atoms with E-state index in [9.17, 15) is 14.9 Å². The number of hydrogen-bond acceptors (Lipinski definition) is 6. The highest BCUT2D eigenvalue weighted by Crippen LogP contribution is 2.12. The molecule has 0 fully saturated rings. The Balaban J connectivity index is 3.20. The van der Waals surface area contributed by atoms with Gasteiger partial charge in [0.05, 0.1) is 12.2 Å². The first-order valence-corrected chi connectivity index (χ1v) is 7.58. The number of ether oxygens (including phenoxy) is 2. The molecule has 0 heterocycles. The summed E-state index contributed by atoms with van der Waals surface area (Å²) in [6, 6.07) is 8.05.